The van der Waals surface area contributed by atoms with Gasteiger partial charge < -0.3 is 14.6 Å². The standard InChI is InChI=1S/C14H21N3O/c1-14(2)12(6-13(14)18-4)16-8-10-5-11(7-15)17(3)9-10/h5,9,12-13,16H,6,8H2,1-4H3. The normalized spacial score (nSPS) is 25.5. The van der Waals surface area contributed by atoms with Gasteiger partial charge in [-0.2, -0.15) is 5.26 Å². The van der Waals surface area contributed by atoms with Gasteiger partial charge in [-0.05, 0) is 18.1 Å². The molecule has 1 N–H and O–H groups in total. The lowest BCUT2D eigenvalue weighted by molar-refractivity contribution is -0.0979. The van der Waals surface area contributed by atoms with Crippen LogP contribution in [0.2, 0.25) is 0 Å². The fraction of sp³-hybridized carbons (Fsp3) is 0.643. The Bertz CT molecular complexity index is 470. The molecule has 1 aliphatic rings. The summed E-state index contributed by atoms with van der Waals surface area (Å²) in [5, 5.41) is 12.5. The van der Waals surface area contributed by atoms with E-state index in [1.54, 1.807) is 7.11 Å². The topological polar surface area (TPSA) is 50.0 Å². The number of hydrogen-bond donors (Lipinski definition) is 1. The average molecular weight is 247 g/mol. The molecular formula is C14H21N3O. The molecule has 1 fully saturated rings. The van der Waals surface area contributed by atoms with Gasteiger partial charge in [-0.1, -0.05) is 13.8 Å². The second kappa shape index (κ2) is 4.75. The first-order chi connectivity index (χ1) is 8.48. The first kappa shape index (κ1) is 13.1. The monoisotopic (exact) mass is 247 g/mol. The van der Waals surface area contributed by atoms with Gasteiger partial charge in [0.15, 0.2) is 0 Å². The second-order valence-corrected chi connectivity index (χ2v) is 5.67. The smallest absolute Gasteiger partial charge is 0.120 e. The van der Waals surface area contributed by atoms with Crippen molar-refractivity contribution < 1.29 is 4.74 Å². The minimum Gasteiger partial charge on any atom is -0.381 e. The Hall–Kier alpha value is -1.31. The zero-order valence-corrected chi connectivity index (χ0v) is 11.5. The van der Waals surface area contributed by atoms with Gasteiger partial charge in [0, 0.05) is 38.4 Å². The number of methoxy groups -OCH3 is 1. The van der Waals surface area contributed by atoms with Crippen LogP contribution in [0.25, 0.3) is 0 Å². The van der Waals surface area contributed by atoms with Gasteiger partial charge >= 0.3 is 0 Å². The van der Waals surface area contributed by atoms with Gasteiger partial charge in [0.2, 0.25) is 0 Å². The second-order valence-electron chi connectivity index (χ2n) is 5.67. The van der Waals surface area contributed by atoms with Gasteiger partial charge in [-0.15, -0.1) is 0 Å². The van der Waals surface area contributed by atoms with E-state index < -0.39 is 0 Å². The molecule has 4 heteroatoms. The molecule has 0 spiro atoms. The SMILES string of the molecule is COC1CC(NCc2cc(C#N)n(C)c2)C1(C)C. The largest absolute Gasteiger partial charge is 0.381 e. The number of hydrogen-bond acceptors (Lipinski definition) is 3. The Morgan fingerprint density at radius 2 is 2.33 bits per heavy atom. The molecule has 18 heavy (non-hydrogen) atoms. The summed E-state index contributed by atoms with van der Waals surface area (Å²) in [5.41, 5.74) is 2.04. The van der Waals surface area contributed by atoms with E-state index in [1.165, 1.54) is 0 Å². The van der Waals surface area contributed by atoms with E-state index in [0.717, 1.165) is 18.5 Å². The molecule has 1 saturated carbocycles. The summed E-state index contributed by atoms with van der Waals surface area (Å²) in [6.45, 7) is 5.27. The summed E-state index contributed by atoms with van der Waals surface area (Å²) in [7, 11) is 3.68. The molecule has 0 radical (unpaired) electrons. The maximum atomic E-state index is 8.91. The fourth-order valence-electron chi connectivity index (χ4n) is 2.71. The van der Waals surface area contributed by atoms with E-state index >= 15 is 0 Å². The van der Waals surface area contributed by atoms with Crippen molar-refractivity contribution in [1.29, 1.82) is 5.26 Å². The lowest BCUT2D eigenvalue weighted by Gasteiger charge is -2.51. The first-order valence-corrected chi connectivity index (χ1v) is 6.30. The Balaban J connectivity index is 1.91. The van der Waals surface area contributed by atoms with Gasteiger partial charge in [-0.25, -0.2) is 0 Å². The Morgan fingerprint density at radius 3 is 2.83 bits per heavy atom. The van der Waals surface area contributed by atoms with Gasteiger partial charge in [0.25, 0.3) is 0 Å². The molecule has 2 unspecified atom stereocenters. The van der Waals surface area contributed by atoms with Crippen LogP contribution < -0.4 is 5.32 Å². The predicted octanol–water partition coefficient (Wildman–Crippen LogP) is 1.80. The van der Waals surface area contributed by atoms with Crippen molar-refractivity contribution in [2.24, 2.45) is 12.5 Å². The number of nitriles is 1. The van der Waals surface area contributed by atoms with Crippen molar-refractivity contribution in [3.63, 3.8) is 0 Å². The highest BCUT2D eigenvalue weighted by molar-refractivity contribution is 5.28. The summed E-state index contributed by atoms with van der Waals surface area (Å²) in [6.07, 6.45) is 3.41. The summed E-state index contributed by atoms with van der Waals surface area (Å²) >= 11 is 0. The van der Waals surface area contributed by atoms with E-state index in [0.29, 0.717) is 17.8 Å². The van der Waals surface area contributed by atoms with E-state index in [2.05, 4.69) is 25.2 Å². The average Bonchev–Trinajstić information content (AvgIpc) is 2.68. The van der Waals surface area contributed by atoms with Crippen molar-refractivity contribution in [1.82, 2.24) is 9.88 Å². The number of aryl methyl sites for hydroxylation is 1. The van der Waals surface area contributed by atoms with Crippen molar-refractivity contribution in [2.75, 3.05) is 7.11 Å². The maximum Gasteiger partial charge on any atom is 0.120 e. The van der Waals surface area contributed by atoms with Crippen molar-refractivity contribution >= 4 is 0 Å². The molecule has 98 valence electrons. The van der Waals surface area contributed by atoms with Crippen LogP contribution in [0, 0.1) is 16.7 Å². The Labute approximate surface area is 109 Å². The highest BCUT2D eigenvalue weighted by Crippen LogP contribution is 2.42. The zero-order valence-electron chi connectivity index (χ0n) is 11.5. The molecule has 2 rings (SSSR count). The summed E-state index contributed by atoms with van der Waals surface area (Å²) in [4.78, 5) is 0. The van der Waals surface area contributed by atoms with Crippen molar-refractivity contribution in [3.8, 4) is 6.07 Å². The molecule has 0 bridgehead atoms. The highest BCUT2D eigenvalue weighted by atomic mass is 16.5. The van der Waals surface area contributed by atoms with Gasteiger partial charge in [0.05, 0.1) is 6.10 Å². The van der Waals surface area contributed by atoms with E-state index in [1.807, 2.05) is 23.9 Å². The summed E-state index contributed by atoms with van der Waals surface area (Å²) < 4.78 is 7.30. The summed E-state index contributed by atoms with van der Waals surface area (Å²) in [6, 6.07) is 4.60. The third-order valence-corrected chi connectivity index (χ3v) is 4.19. The van der Waals surface area contributed by atoms with E-state index in [-0.39, 0.29) is 5.41 Å². The number of nitrogens with zero attached hydrogens (tertiary/aromatic N) is 2. The highest BCUT2D eigenvalue weighted by Gasteiger charge is 2.48. The predicted molar refractivity (Wildman–Crippen MR) is 70.0 cm³/mol. The van der Waals surface area contributed by atoms with Crippen LogP contribution >= 0.6 is 0 Å². The first-order valence-electron chi connectivity index (χ1n) is 6.30. The van der Waals surface area contributed by atoms with E-state index in [4.69, 9.17) is 10.00 Å². The maximum absolute atomic E-state index is 8.91. The minimum absolute atomic E-state index is 0.182. The minimum atomic E-state index is 0.182. The number of nitrogens with one attached hydrogen (secondary N) is 1. The van der Waals surface area contributed by atoms with Crippen LogP contribution in [-0.2, 0) is 18.3 Å². The third-order valence-electron chi connectivity index (χ3n) is 4.19. The lowest BCUT2D eigenvalue weighted by atomic mass is 9.64. The Kier molecular flexibility index (Phi) is 3.47. The van der Waals surface area contributed by atoms with Crippen LogP contribution in [0.3, 0.4) is 0 Å². The molecule has 4 nitrogen and oxygen atoms in total. The molecule has 0 saturated heterocycles. The Morgan fingerprint density at radius 1 is 1.61 bits per heavy atom. The van der Waals surface area contributed by atoms with Gasteiger partial charge in [-0.3, -0.25) is 0 Å². The van der Waals surface area contributed by atoms with Crippen LogP contribution in [0.1, 0.15) is 31.5 Å². The fourth-order valence-corrected chi connectivity index (χ4v) is 2.71. The molecule has 0 aliphatic heterocycles. The molecule has 0 aromatic carbocycles. The van der Waals surface area contributed by atoms with Crippen LogP contribution in [-0.4, -0.2) is 23.8 Å². The molecule has 1 aromatic heterocycles. The molecule has 1 heterocycles. The molecule has 1 aliphatic carbocycles. The molecular weight excluding hydrogens is 226 g/mol. The van der Waals surface area contributed by atoms with Crippen molar-refractivity contribution in [2.45, 2.75) is 39.0 Å². The summed E-state index contributed by atoms with van der Waals surface area (Å²) in [5.74, 6) is 0. The molecule has 2 atom stereocenters. The quantitative estimate of drug-likeness (QED) is 0.882. The zero-order chi connectivity index (χ0) is 13.3. The number of ether oxygens (including phenoxy) is 1. The van der Waals surface area contributed by atoms with Crippen LogP contribution in [0.4, 0.5) is 0 Å². The number of aromatic nitrogens is 1. The van der Waals surface area contributed by atoms with Crippen LogP contribution in [0.15, 0.2) is 12.3 Å². The lowest BCUT2D eigenvalue weighted by Crippen LogP contribution is -2.60. The molecule has 1 aromatic rings. The van der Waals surface area contributed by atoms with Crippen molar-refractivity contribution in [3.05, 3.63) is 23.5 Å². The third kappa shape index (κ3) is 2.16. The van der Waals surface area contributed by atoms with Crippen LogP contribution in [0.5, 0.6) is 0 Å². The van der Waals surface area contributed by atoms with Gasteiger partial charge in [0.1, 0.15) is 11.8 Å². The molecule has 0 amide bonds. The number of rotatable bonds is 4. The van der Waals surface area contributed by atoms with E-state index in [9.17, 15) is 0 Å².